The van der Waals surface area contributed by atoms with Crippen LogP contribution in [0.15, 0.2) is 52.6 Å². The van der Waals surface area contributed by atoms with Crippen molar-refractivity contribution in [1.29, 1.82) is 0 Å². The third kappa shape index (κ3) is 7.52. The van der Waals surface area contributed by atoms with Gasteiger partial charge in [0.05, 0.1) is 12.6 Å². The Morgan fingerprint density at radius 2 is 1.70 bits per heavy atom. The molecule has 1 aliphatic carbocycles. The zero-order valence-electron chi connectivity index (χ0n) is 25.8. The van der Waals surface area contributed by atoms with E-state index in [1.54, 1.807) is 30.3 Å². The van der Waals surface area contributed by atoms with Crippen molar-refractivity contribution in [3.05, 3.63) is 69.2 Å². The maximum Gasteiger partial charge on any atom is 0.275 e. The molecule has 43 heavy (non-hydrogen) atoms. The number of hydrazone groups is 1. The number of amides is 2. The SMILES string of the molecule is CC(C)CCC(c1ccc(C(=O)NCC(N)=NN)cc1)N1C(=O)C(c2cc(Cl)cc(Cl)c2)=NC12CCC(C(C)(C)C)CC2. The summed E-state index contributed by atoms with van der Waals surface area (Å²) in [5.41, 5.74) is 7.62. The fourth-order valence-corrected chi connectivity index (χ4v) is 6.86. The Hall–Kier alpha value is -3.10. The lowest BCUT2D eigenvalue weighted by Gasteiger charge is -2.47. The zero-order chi connectivity index (χ0) is 31.5. The molecule has 8 nitrogen and oxygen atoms in total. The number of nitrogens with two attached hydrogens (primary N) is 2. The number of hydrogen-bond donors (Lipinski definition) is 3. The Kier molecular flexibility index (Phi) is 10.1. The molecule has 0 radical (unpaired) electrons. The van der Waals surface area contributed by atoms with Crippen molar-refractivity contribution in [2.75, 3.05) is 6.54 Å². The number of nitrogens with zero attached hydrogens (tertiary/aromatic N) is 3. The van der Waals surface area contributed by atoms with Gasteiger partial charge in [0.15, 0.2) is 0 Å². The van der Waals surface area contributed by atoms with Gasteiger partial charge >= 0.3 is 0 Å². The lowest BCUT2D eigenvalue weighted by molar-refractivity contribution is -0.133. The van der Waals surface area contributed by atoms with Crippen LogP contribution in [0.3, 0.4) is 0 Å². The Labute approximate surface area is 265 Å². The number of halogens is 2. The molecule has 2 aromatic carbocycles. The van der Waals surface area contributed by atoms with E-state index in [4.69, 9.17) is 39.8 Å². The molecule has 0 aromatic heterocycles. The molecule has 1 atom stereocenters. The van der Waals surface area contributed by atoms with E-state index >= 15 is 0 Å². The van der Waals surface area contributed by atoms with Crippen molar-refractivity contribution in [3.63, 3.8) is 0 Å². The third-order valence-electron chi connectivity index (χ3n) is 8.82. The summed E-state index contributed by atoms with van der Waals surface area (Å²) < 4.78 is 0. The monoisotopic (exact) mass is 626 g/mol. The zero-order valence-corrected chi connectivity index (χ0v) is 27.3. The number of rotatable bonds is 9. The van der Waals surface area contributed by atoms with Crippen molar-refractivity contribution < 1.29 is 9.59 Å². The molecule has 1 aliphatic heterocycles. The lowest BCUT2D eigenvalue weighted by atomic mass is 9.69. The highest BCUT2D eigenvalue weighted by molar-refractivity contribution is 6.47. The summed E-state index contributed by atoms with van der Waals surface area (Å²) in [5, 5.41) is 7.04. The average molecular weight is 628 g/mol. The van der Waals surface area contributed by atoms with Crippen LogP contribution in [0.5, 0.6) is 0 Å². The summed E-state index contributed by atoms with van der Waals surface area (Å²) in [6.07, 6.45) is 5.20. The second-order valence-corrected chi connectivity index (χ2v) is 14.2. The Morgan fingerprint density at radius 3 is 2.23 bits per heavy atom. The molecule has 232 valence electrons. The first-order valence-electron chi connectivity index (χ1n) is 15.0. The normalized spacial score (nSPS) is 21.8. The Morgan fingerprint density at radius 1 is 1.09 bits per heavy atom. The minimum atomic E-state index is -0.667. The molecule has 1 heterocycles. The number of nitrogens with one attached hydrogen (secondary N) is 1. The van der Waals surface area contributed by atoms with E-state index in [1.807, 2.05) is 17.0 Å². The predicted molar refractivity (Wildman–Crippen MR) is 175 cm³/mol. The van der Waals surface area contributed by atoms with Crippen molar-refractivity contribution in [2.45, 2.75) is 84.8 Å². The molecule has 1 fully saturated rings. The standard InChI is InChI=1S/C33H44Cl2N6O2/c1-20(2)6-11-27(21-7-9-22(10-8-21)30(42)38-19-28(36)40-37)41-31(43)29(23-16-25(34)18-26(35)17-23)39-33(41)14-12-24(13-15-33)32(3,4)5/h7-10,16-18,20,24,27H,6,11-15,19,37H2,1-5H3,(H2,36,40)(H,38,42). The van der Waals surface area contributed by atoms with E-state index in [0.717, 1.165) is 44.1 Å². The number of aliphatic imine (C=N–C) groups is 1. The van der Waals surface area contributed by atoms with E-state index in [0.29, 0.717) is 38.7 Å². The maximum atomic E-state index is 14.5. The van der Waals surface area contributed by atoms with Crippen molar-refractivity contribution in [3.8, 4) is 0 Å². The lowest BCUT2D eigenvalue weighted by Crippen LogP contribution is -2.51. The van der Waals surface area contributed by atoms with E-state index in [9.17, 15) is 9.59 Å². The van der Waals surface area contributed by atoms with Crippen LogP contribution >= 0.6 is 23.2 Å². The number of hydrogen-bond acceptors (Lipinski definition) is 5. The van der Waals surface area contributed by atoms with E-state index in [-0.39, 0.29) is 35.7 Å². The molecule has 1 unspecified atom stereocenters. The fraction of sp³-hybridized carbons (Fsp3) is 0.515. The highest BCUT2D eigenvalue weighted by Gasteiger charge is 2.52. The van der Waals surface area contributed by atoms with Crippen LogP contribution in [0.25, 0.3) is 0 Å². The molecule has 2 aromatic rings. The highest BCUT2D eigenvalue weighted by atomic mass is 35.5. The van der Waals surface area contributed by atoms with Gasteiger partial charge in [0.2, 0.25) is 0 Å². The van der Waals surface area contributed by atoms with E-state index in [2.05, 4.69) is 45.0 Å². The Balaban J connectivity index is 1.74. The van der Waals surface area contributed by atoms with Crippen LogP contribution in [0.1, 0.15) is 101 Å². The number of carbonyl (C=O) groups is 2. The smallest absolute Gasteiger partial charge is 0.275 e. The van der Waals surface area contributed by atoms with Crippen LogP contribution in [0.4, 0.5) is 0 Å². The van der Waals surface area contributed by atoms with E-state index < -0.39 is 5.66 Å². The van der Waals surface area contributed by atoms with E-state index in [1.165, 1.54) is 0 Å². The number of benzene rings is 2. The van der Waals surface area contributed by atoms with Crippen molar-refractivity contribution in [2.24, 2.45) is 38.9 Å². The molecule has 0 saturated heterocycles. The minimum Gasteiger partial charge on any atom is -0.384 e. The first kappa shape index (κ1) is 32.8. The molecular formula is C33H44Cl2N6O2. The third-order valence-corrected chi connectivity index (χ3v) is 9.26. The van der Waals surface area contributed by atoms with Crippen LogP contribution in [0.2, 0.25) is 10.0 Å². The topological polar surface area (TPSA) is 126 Å². The van der Waals surface area contributed by atoms with Gasteiger partial charge in [-0.1, -0.05) is 70.0 Å². The molecule has 0 bridgehead atoms. The predicted octanol–water partition coefficient (Wildman–Crippen LogP) is 6.70. The molecule has 2 amide bonds. The summed E-state index contributed by atoms with van der Waals surface area (Å²) in [7, 11) is 0. The van der Waals surface area contributed by atoms with Crippen LogP contribution in [0, 0.1) is 17.3 Å². The first-order chi connectivity index (χ1) is 20.2. The van der Waals surface area contributed by atoms with Gasteiger partial charge in [0, 0.05) is 21.2 Å². The van der Waals surface area contributed by atoms with Gasteiger partial charge in [-0.15, -0.1) is 0 Å². The largest absolute Gasteiger partial charge is 0.384 e. The molecule has 1 saturated carbocycles. The van der Waals surface area contributed by atoms with Gasteiger partial charge < -0.3 is 21.8 Å². The minimum absolute atomic E-state index is 0.0576. The molecule has 1 spiro atoms. The second kappa shape index (κ2) is 13.3. The fourth-order valence-electron chi connectivity index (χ4n) is 6.33. The number of amidine groups is 1. The van der Waals surface area contributed by atoms with Crippen molar-refractivity contribution >= 4 is 46.6 Å². The summed E-state index contributed by atoms with van der Waals surface area (Å²) in [6, 6.07) is 12.4. The van der Waals surface area contributed by atoms with Gasteiger partial charge in [-0.25, -0.2) is 0 Å². The van der Waals surface area contributed by atoms with Gasteiger partial charge in [-0.3, -0.25) is 14.6 Å². The molecule has 4 rings (SSSR count). The van der Waals surface area contributed by atoms with Crippen LogP contribution in [-0.2, 0) is 4.79 Å². The van der Waals surface area contributed by atoms with Gasteiger partial charge in [-0.2, -0.15) is 5.10 Å². The maximum absolute atomic E-state index is 14.5. The van der Waals surface area contributed by atoms with Gasteiger partial charge in [0.1, 0.15) is 17.2 Å². The molecular weight excluding hydrogens is 583 g/mol. The molecule has 5 N–H and O–H groups in total. The first-order valence-corrected chi connectivity index (χ1v) is 15.8. The summed E-state index contributed by atoms with van der Waals surface area (Å²) in [4.78, 5) is 34.5. The quantitative estimate of drug-likeness (QED) is 0.124. The highest BCUT2D eigenvalue weighted by Crippen LogP contribution is 2.50. The molecule has 2 aliphatic rings. The number of carbonyl (C=O) groups excluding carboxylic acids is 2. The van der Waals surface area contributed by atoms with Crippen LogP contribution < -0.4 is 16.9 Å². The van der Waals surface area contributed by atoms with Crippen molar-refractivity contribution in [1.82, 2.24) is 10.2 Å². The second-order valence-electron chi connectivity index (χ2n) is 13.3. The summed E-state index contributed by atoms with van der Waals surface area (Å²) in [6.45, 7) is 11.3. The average Bonchev–Trinajstić information content (AvgIpc) is 3.22. The summed E-state index contributed by atoms with van der Waals surface area (Å²) in [5.74, 6) is 5.90. The van der Waals surface area contributed by atoms with Gasteiger partial charge in [-0.05, 0) is 91.7 Å². The molecule has 10 heteroatoms. The van der Waals surface area contributed by atoms with Gasteiger partial charge in [0.25, 0.3) is 11.8 Å². The summed E-state index contributed by atoms with van der Waals surface area (Å²) >= 11 is 12.7. The Bertz CT molecular complexity index is 1370. The van der Waals surface area contributed by atoms with Crippen LogP contribution in [-0.4, -0.2) is 40.5 Å².